The van der Waals surface area contributed by atoms with Crippen molar-refractivity contribution in [3.63, 3.8) is 0 Å². The van der Waals surface area contributed by atoms with Gasteiger partial charge in [0.2, 0.25) is 0 Å². The van der Waals surface area contributed by atoms with Crippen molar-refractivity contribution >= 4 is 27.7 Å². The van der Waals surface area contributed by atoms with Crippen molar-refractivity contribution < 1.29 is 4.79 Å². The summed E-state index contributed by atoms with van der Waals surface area (Å²) in [6.07, 6.45) is 5.00. The first-order valence-electron chi connectivity index (χ1n) is 7.08. The van der Waals surface area contributed by atoms with E-state index in [4.69, 9.17) is 0 Å². The van der Waals surface area contributed by atoms with E-state index in [1.54, 1.807) is 19.3 Å². The maximum atomic E-state index is 12.3. The molecule has 1 amide bonds. The molecule has 5 heteroatoms. The highest BCUT2D eigenvalue weighted by atomic mass is 79.9. The van der Waals surface area contributed by atoms with Gasteiger partial charge in [-0.25, -0.2) is 4.98 Å². The molecule has 2 N–H and O–H groups in total. The molecule has 1 aromatic heterocycles. The average Bonchev–Trinajstić information content (AvgIpc) is 2.38. The lowest BCUT2D eigenvalue weighted by molar-refractivity contribution is 0.0938. The van der Waals surface area contributed by atoms with Gasteiger partial charge < -0.3 is 10.6 Å². The first kappa shape index (κ1) is 17.0. The second-order valence-corrected chi connectivity index (χ2v) is 6.41. The Balaban J connectivity index is 2.59. The van der Waals surface area contributed by atoms with Gasteiger partial charge in [0.1, 0.15) is 5.82 Å². The third-order valence-electron chi connectivity index (χ3n) is 3.13. The molecular weight excluding hydrogens is 318 g/mol. The number of nitrogens with one attached hydrogen (secondary N) is 2. The maximum absolute atomic E-state index is 12.3. The van der Waals surface area contributed by atoms with Crippen LogP contribution in [-0.2, 0) is 0 Å². The number of hydrogen-bond donors (Lipinski definition) is 2. The number of aromatic nitrogens is 1. The molecule has 20 heavy (non-hydrogen) atoms. The highest BCUT2D eigenvalue weighted by molar-refractivity contribution is 9.10. The van der Waals surface area contributed by atoms with Gasteiger partial charge in [0.05, 0.1) is 5.56 Å². The molecule has 0 aromatic carbocycles. The van der Waals surface area contributed by atoms with Crippen LogP contribution >= 0.6 is 15.9 Å². The zero-order chi connectivity index (χ0) is 15.1. The Labute approximate surface area is 129 Å². The molecule has 0 saturated carbocycles. The lowest BCUT2D eigenvalue weighted by Gasteiger charge is -2.16. The highest BCUT2D eigenvalue weighted by Crippen LogP contribution is 2.18. The standard InChI is InChI=1S/C15H24BrN3O/c1-10(2)6-5-7-11(3)19-15(20)13-8-12(16)9-18-14(13)17-4/h8-11H,5-7H2,1-4H3,(H,17,18)(H,19,20). The minimum atomic E-state index is -0.0832. The molecule has 0 radical (unpaired) electrons. The second-order valence-electron chi connectivity index (χ2n) is 5.50. The fraction of sp³-hybridized carbons (Fsp3) is 0.600. The van der Waals surface area contributed by atoms with Crippen LogP contribution in [0, 0.1) is 5.92 Å². The molecule has 1 heterocycles. The third kappa shape index (κ3) is 5.49. The average molecular weight is 342 g/mol. The number of nitrogens with zero attached hydrogens (tertiary/aromatic N) is 1. The highest BCUT2D eigenvalue weighted by Gasteiger charge is 2.15. The van der Waals surface area contributed by atoms with Crippen LogP contribution in [0.25, 0.3) is 0 Å². The third-order valence-corrected chi connectivity index (χ3v) is 3.57. The normalized spacial score (nSPS) is 12.3. The molecule has 1 unspecified atom stereocenters. The van der Waals surface area contributed by atoms with E-state index in [0.717, 1.165) is 17.3 Å². The summed E-state index contributed by atoms with van der Waals surface area (Å²) in [5.41, 5.74) is 0.567. The molecule has 0 spiro atoms. The molecule has 0 aliphatic carbocycles. The van der Waals surface area contributed by atoms with Crippen LogP contribution in [0.1, 0.15) is 50.4 Å². The molecule has 1 atom stereocenters. The molecule has 0 aliphatic heterocycles. The Morgan fingerprint density at radius 1 is 1.35 bits per heavy atom. The van der Waals surface area contributed by atoms with Crippen molar-refractivity contribution in [1.29, 1.82) is 0 Å². The van der Waals surface area contributed by atoms with Crippen LogP contribution in [-0.4, -0.2) is 24.0 Å². The largest absolute Gasteiger partial charge is 0.372 e. The van der Waals surface area contributed by atoms with E-state index in [2.05, 4.69) is 45.4 Å². The molecule has 112 valence electrons. The Kier molecular flexibility index (Phi) is 6.99. The Bertz CT molecular complexity index is 449. The van der Waals surface area contributed by atoms with Gasteiger partial charge in [-0.15, -0.1) is 0 Å². The van der Waals surface area contributed by atoms with Crippen LogP contribution in [0.15, 0.2) is 16.7 Å². The van der Waals surface area contributed by atoms with E-state index >= 15 is 0 Å². The van der Waals surface area contributed by atoms with Gasteiger partial charge in [-0.05, 0) is 41.3 Å². The lowest BCUT2D eigenvalue weighted by Crippen LogP contribution is -2.33. The number of carbonyl (C=O) groups excluding carboxylic acids is 1. The number of hydrogen-bond acceptors (Lipinski definition) is 3. The minimum Gasteiger partial charge on any atom is -0.372 e. The predicted molar refractivity (Wildman–Crippen MR) is 87.1 cm³/mol. The van der Waals surface area contributed by atoms with Crippen molar-refractivity contribution in [1.82, 2.24) is 10.3 Å². The number of amides is 1. The van der Waals surface area contributed by atoms with E-state index in [1.165, 1.54) is 6.42 Å². The number of pyridine rings is 1. The quantitative estimate of drug-likeness (QED) is 0.792. The van der Waals surface area contributed by atoms with Crippen molar-refractivity contribution in [2.75, 3.05) is 12.4 Å². The Morgan fingerprint density at radius 2 is 2.05 bits per heavy atom. The van der Waals surface area contributed by atoms with Gasteiger partial charge in [0.25, 0.3) is 5.91 Å². The van der Waals surface area contributed by atoms with Crippen LogP contribution in [0.4, 0.5) is 5.82 Å². The van der Waals surface area contributed by atoms with E-state index < -0.39 is 0 Å². The topological polar surface area (TPSA) is 54.0 Å². The summed E-state index contributed by atoms with van der Waals surface area (Å²) in [4.78, 5) is 16.5. The van der Waals surface area contributed by atoms with Gasteiger partial charge in [-0.1, -0.05) is 26.7 Å². The number of carbonyl (C=O) groups is 1. The van der Waals surface area contributed by atoms with Gasteiger partial charge in [-0.2, -0.15) is 0 Å². The molecule has 0 saturated heterocycles. The summed E-state index contributed by atoms with van der Waals surface area (Å²) >= 11 is 3.35. The number of anilines is 1. The van der Waals surface area contributed by atoms with Crippen LogP contribution in [0.5, 0.6) is 0 Å². The monoisotopic (exact) mass is 341 g/mol. The van der Waals surface area contributed by atoms with Crippen LogP contribution in [0.2, 0.25) is 0 Å². The lowest BCUT2D eigenvalue weighted by atomic mass is 10.0. The summed E-state index contributed by atoms with van der Waals surface area (Å²) < 4.78 is 0.800. The molecular formula is C15H24BrN3O. The Hall–Kier alpha value is -1.10. The molecule has 1 aromatic rings. The van der Waals surface area contributed by atoms with Gasteiger partial charge in [0.15, 0.2) is 0 Å². The molecule has 0 aliphatic rings. The van der Waals surface area contributed by atoms with Crippen molar-refractivity contribution in [2.24, 2.45) is 5.92 Å². The van der Waals surface area contributed by atoms with E-state index in [-0.39, 0.29) is 11.9 Å². The predicted octanol–water partition coefficient (Wildman–Crippen LogP) is 3.83. The summed E-state index contributed by atoms with van der Waals surface area (Å²) in [5.74, 6) is 1.23. The van der Waals surface area contributed by atoms with Gasteiger partial charge >= 0.3 is 0 Å². The zero-order valence-corrected chi connectivity index (χ0v) is 14.3. The summed E-state index contributed by atoms with van der Waals surface area (Å²) in [6, 6.07) is 1.96. The van der Waals surface area contributed by atoms with Crippen molar-refractivity contribution in [2.45, 2.75) is 46.1 Å². The van der Waals surface area contributed by atoms with Crippen LogP contribution in [0.3, 0.4) is 0 Å². The van der Waals surface area contributed by atoms with Crippen LogP contribution < -0.4 is 10.6 Å². The molecule has 0 bridgehead atoms. The molecule has 1 rings (SSSR count). The summed E-state index contributed by atoms with van der Waals surface area (Å²) in [6.45, 7) is 6.48. The maximum Gasteiger partial charge on any atom is 0.255 e. The first-order valence-corrected chi connectivity index (χ1v) is 7.87. The van der Waals surface area contributed by atoms with Gasteiger partial charge in [0, 0.05) is 23.8 Å². The number of rotatable bonds is 7. The Morgan fingerprint density at radius 3 is 2.65 bits per heavy atom. The minimum absolute atomic E-state index is 0.0832. The molecule has 4 nitrogen and oxygen atoms in total. The first-order chi connectivity index (χ1) is 9.43. The second kappa shape index (κ2) is 8.25. The number of halogens is 1. The smallest absolute Gasteiger partial charge is 0.255 e. The van der Waals surface area contributed by atoms with Crippen molar-refractivity contribution in [3.8, 4) is 0 Å². The fourth-order valence-electron chi connectivity index (χ4n) is 2.02. The fourth-order valence-corrected chi connectivity index (χ4v) is 2.35. The van der Waals surface area contributed by atoms with Gasteiger partial charge in [-0.3, -0.25) is 4.79 Å². The SMILES string of the molecule is CNc1ncc(Br)cc1C(=O)NC(C)CCCC(C)C. The molecule has 0 fully saturated rings. The van der Waals surface area contributed by atoms with Crippen molar-refractivity contribution in [3.05, 3.63) is 22.3 Å². The summed E-state index contributed by atoms with van der Waals surface area (Å²) in [7, 11) is 1.76. The van der Waals surface area contributed by atoms with E-state index in [9.17, 15) is 4.79 Å². The van der Waals surface area contributed by atoms with E-state index in [1.807, 2.05) is 6.92 Å². The van der Waals surface area contributed by atoms with E-state index in [0.29, 0.717) is 17.3 Å². The zero-order valence-electron chi connectivity index (χ0n) is 12.7. The summed E-state index contributed by atoms with van der Waals surface area (Å²) in [5, 5.41) is 5.97.